The van der Waals surface area contributed by atoms with Crippen LogP contribution in [0.15, 0.2) is 65.7 Å². The van der Waals surface area contributed by atoms with E-state index in [1.54, 1.807) is 42.6 Å². The molecular weight excluding hydrogens is 671 g/mol. The molecule has 0 amide bonds. The Morgan fingerprint density at radius 3 is 2.29 bits per heavy atom. The number of nitrogens with zero attached hydrogens (tertiary/aromatic N) is 4. The lowest BCUT2D eigenvalue weighted by Gasteiger charge is -2.36. The molecule has 1 N–H and O–H groups in total. The molecule has 5 aromatic rings. The normalized spacial score (nSPS) is 14.7. The minimum Gasteiger partial charge on any atom is -0.598 e. The summed E-state index contributed by atoms with van der Waals surface area (Å²) < 4.78 is 54.7. The highest BCUT2D eigenvalue weighted by Gasteiger charge is 2.44. The number of aryl methyl sites for hydroxylation is 3. The Morgan fingerprint density at radius 1 is 1.00 bits per heavy atom. The first kappa shape index (κ1) is 36.8. The third-order valence-corrected chi connectivity index (χ3v) is 13.9. The number of nitrogens with one attached hydrogen (secondary N) is 1. The summed E-state index contributed by atoms with van der Waals surface area (Å²) >= 11 is -1.58. The second-order valence-corrected chi connectivity index (χ2v) is 24.6. The Bertz CT molecular complexity index is 2170. The van der Waals surface area contributed by atoms with E-state index in [-0.39, 0.29) is 11.6 Å². The molecule has 260 valence electrons. The lowest BCUT2D eigenvalue weighted by molar-refractivity contribution is 0.0857. The van der Waals surface area contributed by atoms with Gasteiger partial charge in [-0.05, 0) is 108 Å². The van der Waals surface area contributed by atoms with E-state index in [4.69, 9.17) is 9.72 Å². The monoisotopic (exact) mass is 717 g/mol. The third-order valence-electron chi connectivity index (χ3n) is 8.79. The van der Waals surface area contributed by atoms with Gasteiger partial charge in [0.15, 0.2) is 0 Å². The predicted octanol–water partition coefficient (Wildman–Crippen LogP) is 7.65. The molecule has 0 fully saturated rings. The standard InChI is InChI=1S/C37H47N5O4S2Si/c1-25-11-14-29(15-12-25)48(44,45)42-18-17-30-33(26(2)21-27(3)34(30)42)37(7,40-47(43)36(4,5)6)35-39-31-16-13-28(23-38)22-32(31)41(35)24-46-19-20-49(8,9)10/h11-18,21-22,40H,19-20,24H2,1-10H3. The van der Waals surface area contributed by atoms with Crippen LogP contribution in [0, 0.1) is 32.1 Å². The molecule has 0 bridgehead atoms. The van der Waals surface area contributed by atoms with Crippen molar-refractivity contribution in [3.63, 3.8) is 0 Å². The molecule has 2 atom stereocenters. The number of aromatic nitrogens is 3. The number of ether oxygens (including phenoxy) is 1. The minimum absolute atomic E-state index is 0.168. The van der Waals surface area contributed by atoms with Crippen LogP contribution in [0.2, 0.25) is 25.7 Å². The SMILES string of the molecule is Cc1ccc(S(=O)(=O)n2ccc3c(C(C)(N[S+]([O-])C(C)(C)C)c4nc5ccc(C#N)cc5n4COCC[Si](C)(C)C)c(C)cc(C)c32)cc1. The quantitative estimate of drug-likeness (QED) is 0.0845. The Kier molecular flexibility index (Phi) is 10.0. The van der Waals surface area contributed by atoms with E-state index in [9.17, 15) is 18.2 Å². The van der Waals surface area contributed by atoms with E-state index in [0.717, 1.165) is 33.8 Å². The Balaban J connectivity index is 1.80. The molecule has 12 heteroatoms. The molecule has 0 aliphatic heterocycles. The molecule has 0 spiro atoms. The summed E-state index contributed by atoms with van der Waals surface area (Å²) in [6.07, 6.45) is 1.60. The number of hydrogen-bond donors (Lipinski definition) is 1. The van der Waals surface area contributed by atoms with Gasteiger partial charge in [0.1, 0.15) is 22.8 Å². The number of benzene rings is 3. The maximum atomic E-state index is 14.1. The molecule has 0 aliphatic carbocycles. The highest BCUT2D eigenvalue weighted by Crippen LogP contribution is 2.41. The molecule has 2 unspecified atom stereocenters. The van der Waals surface area contributed by atoms with Gasteiger partial charge in [0.05, 0.1) is 33.1 Å². The summed E-state index contributed by atoms with van der Waals surface area (Å²) in [5.74, 6) is 0.547. The minimum atomic E-state index is -3.94. The van der Waals surface area contributed by atoms with Crippen LogP contribution < -0.4 is 4.72 Å². The highest BCUT2D eigenvalue weighted by atomic mass is 32.2. The summed E-state index contributed by atoms with van der Waals surface area (Å²) in [4.78, 5) is 5.33. The molecule has 5 rings (SSSR count). The molecule has 49 heavy (non-hydrogen) atoms. The van der Waals surface area contributed by atoms with Gasteiger partial charge in [0.2, 0.25) is 0 Å². The van der Waals surface area contributed by atoms with Crippen molar-refractivity contribution >= 4 is 51.4 Å². The van der Waals surface area contributed by atoms with Crippen LogP contribution in [0.4, 0.5) is 0 Å². The lowest BCUT2D eigenvalue weighted by Crippen LogP contribution is -2.52. The van der Waals surface area contributed by atoms with Crippen molar-refractivity contribution < 1.29 is 17.7 Å². The topological polar surface area (TPSA) is 125 Å². The molecule has 0 saturated carbocycles. The van der Waals surface area contributed by atoms with Crippen molar-refractivity contribution in [3.8, 4) is 6.07 Å². The molecule has 2 heterocycles. The fourth-order valence-corrected chi connectivity index (χ4v) is 9.19. The summed E-state index contributed by atoms with van der Waals surface area (Å²) in [6, 6.07) is 19.2. The number of nitriles is 1. The average molecular weight is 718 g/mol. The first-order valence-electron chi connectivity index (χ1n) is 16.4. The zero-order valence-corrected chi connectivity index (χ0v) is 32.8. The van der Waals surface area contributed by atoms with Crippen LogP contribution in [-0.2, 0) is 38.4 Å². The second-order valence-electron chi connectivity index (χ2n) is 15.2. The maximum absolute atomic E-state index is 14.1. The van der Waals surface area contributed by atoms with Gasteiger partial charge in [-0.2, -0.15) is 5.26 Å². The molecular formula is C37H47N5O4S2Si. The predicted molar refractivity (Wildman–Crippen MR) is 201 cm³/mol. The number of rotatable bonds is 11. The van der Waals surface area contributed by atoms with E-state index in [0.29, 0.717) is 34.4 Å². The highest BCUT2D eigenvalue weighted by molar-refractivity contribution is 7.91. The third kappa shape index (κ3) is 7.24. The van der Waals surface area contributed by atoms with Crippen molar-refractivity contribution in [1.82, 2.24) is 18.2 Å². The summed E-state index contributed by atoms with van der Waals surface area (Å²) in [5, 5.41) is 10.5. The van der Waals surface area contributed by atoms with Crippen molar-refractivity contribution in [2.24, 2.45) is 0 Å². The number of fused-ring (bicyclic) bond motifs is 2. The first-order chi connectivity index (χ1) is 22.8. The van der Waals surface area contributed by atoms with Crippen LogP contribution in [0.3, 0.4) is 0 Å². The maximum Gasteiger partial charge on any atom is 0.268 e. The van der Waals surface area contributed by atoms with E-state index in [1.165, 1.54) is 3.97 Å². The lowest BCUT2D eigenvalue weighted by atomic mass is 9.85. The van der Waals surface area contributed by atoms with Crippen molar-refractivity contribution in [2.45, 2.75) is 96.1 Å². The zero-order chi connectivity index (χ0) is 36.1. The van der Waals surface area contributed by atoms with Crippen molar-refractivity contribution in [2.75, 3.05) is 6.61 Å². The van der Waals surface area contributed by atoms with Gasteiger partial charge in [-0.3, -0.25) is 0 Å². The van der Waals surface area contributed by atoms with E-state index >= 15 is 0 Å². The Labute approximate surface area is 294 Å². The van der Waals surface area contributed by atoms with Gasteiger partial charge in [-0.1, -0.05) is 43.4 Å². The summed E-state index contributed by atoms with van der Waals surface area (Å²) in [7, 11) is -5.32. The van der Waals surface area contributed by atoms with Crippen LogP contribution in [-0.4, -0.2) is 45.9 Å². The van der Waals surface area contributed by atoms with Crippen LogP contribution in [0.5, 0.6) is 0 Å². The molecule has 0 saturated heterocycles. The van der Waals surface area contributed by atoms with E-state index in [2.05, 4.69) is 30.4 Å². The van der Waals surface area contributed by atoms with Crippen molar-refractivity contribution in [3.05, 3.63) is 94.4 Å². The molecule has 3 aromatic carbocycles. The van der Waals surface area contributed by atoms with Gasteiger partial charge in [0, 0.05) is 37.6 Å². The Hall–Kier alpha value is -3.44. The number of imidazole rings is 1. The van der Waals surface area contributed by atoms with E-state index < -0.39 is 39.7 Å². The van der Waals surface area contributed by atoms with Gasteiger partial charge in [-0.25, -0.2) is 17.4 Å². The zero-order valence-electron chi connectivity index (χ0n) is 30.1. The number of hydrogen-bond acceptors (Lipinski definition) is 7. The van der Waals surface area contributed by atoms with E-state index in [1.807, 2.05) is 71.2 Å². The first-order valence-corrected chi connectivity index (χ1v) is 22.7. The molecule has 2 aromatic heterocycles. The van der Waals surface area contributed by atoms with Crippen molar-refractivity contribution in [1.29, 1.82) is 5.26 Å². The molecule has 0 aliphatic rings. The molecule has 0 radical (unpaired) electrons. The van der Waals surface area contributed by atoms with Crippen LogP contribution in [0.25, 0.3) is 21.9 Å². The van der Waals surface area contributed by atoms with Gasteiger partial charge >= 0.3 is 0 Å². The largest absolute Gasteiger partial charge is 0.598 e. The van der Waals surface area contributed by atoms with Gasteiger partial charge < -0.3 is 13.9 Å². The van der Waals surface area contributed by atoms with Gasteiger partial charge in [0.25, 0.3) is 10.0 Å². The second kappa shape index (κ2) is 13.4. The van der Waals surface area contributed by atoms with Crippen LogP contribution in [0.1, 0.15) is 61.3 Å². The average Bonchev–Trinajstić information content (AvgIpc) is 3.61. The Morgan fingerprint density at radius 2 is 1.67 bits per heavy atom. The fourth-order valence-electron chi connectivity index (χ4n) is 6.15. The summed E-state index contributed by atoms with van der Waals surface area (Å²) in [5.41, 5.74) is 4.60. The summed E-state index contributed by atoms with van der Waals surface area (Å²) in [6.45, 7) is 21.1. The molecule has 9 nitrogen and oxygen atoms in total. The van der Waals surface area contributed by atoms with Gasteiger partial charge in [-0.15, -0.1) is 4.72 Å². The van der Waals surface area contributed by atoms with Crippen LogP contribution >= 0.6 is 0 Å². The smallest absolute Gasteiger partial charge is 0.268 e. The fraction of sp³-hybridized carbons (Fsp3) is 0.405.